The van der Waals surface area contributed by atoms with Gasteiger partial charge in [-0.25, -0.2) is 4.79 Å². The zero-order valence-electron chi connectivity index (χ0n) is 16.6. The van der Waals surface area contributed by atoms with Crippen molar-refractivity contribution < 1.29 is 19.1 Å². The molecule has 3 amide bonds. The van der Waals surface area contributed by atoms with Gasteiger partial charge in [0.15, 0.2) is 0 Å². The van der Waals surface area contributed by atoms with Gasteiger partial charge in [0.1, 0.15) is 5.60 Å². The Morgan fingerprint density at radius 3 is 2.46 bits per heavy atom. The number of nitrogens with zero attached hydrogens (tertiary/aromatic N) is 2. The Labute approximate surface area is 165 Å². The van der Waals surface area contributed by atoms with E-state index in [1.54, 1.807) is 29.2 Å². The van der Waals surface area contributed by atoms with Crippen LogP contribution in [-0.2, 0) is 9.53 Å². The summed E-state index contributed by atoms with van der Waals surface area (Å²) in [5, 5.41) is 2.66. The zero-order valence-corrected chi connectivity index (χ0v) is 16.6. The molecule has 1 aromatic carbocycles. The first-order valence-electron chi connectivity index (χ1n) is 9.50. The first-order valence-corrected chi connectivity index (χ1v) is 9.50. The molecular formula is C21H27N3O4. The van der Waals surface area contributed by atoms with Gasteiger partial charge in [-0.1, -0.05) is 6.58 Å². The average Bonchev–Trinajstić information content (AvgIpc) is 3.21. The summed E-state index contributed by atoms with van der Waals surface area (Å²) in [5.41, 5.74) is 0.637. The van der Waals surface area contributed by atoms with Crippen LogP contribution in [0.3, 0.4) is 0 Å². The van der Waals surface area contributed by atoms with E-state index in [0.717, 1.165) is 6.42 Å². The number of amides is 3. The molecule has 3 rings (SSSR count). The lowest BCUT2D eigenvalue weighted by Crippen LogP contribution is -2.41. The van der Waals surface area contributed by atoms with E-state index in [0.29, 0.717) is 30.9 Å². The molecule has 1 aromatic rings. The van der Waals surface area contributed by atoms with Gasteiger partial charge in [-0.15, -0.1) is 0 Å². The fourth-order valence-electron chi connectivity index (χ4n) is 3.74. The number of anilines is 1. The fourth-order valence-corrected chi connectivity index (χ4v) is 3.74. The van der Waals surface area contributed by atoms with Gasteiger partial charge in [-0.2, -0.15) is 0 Å². The molecule has 2 saturated heterocycles. The monoisotopic (exact) mass is 385 g/mol. The number of ether oxygens (including phenoxy) is 1. The molecule has 2 fully saturated rings. The summed E-state index contributed by atoms with van der Waals surface area (Å²) in [5.74, 6) is -0.0718. The highest BCUT2D eigenvalue weighted by Gasteiger charge is 2.45. The van der Waals surface area contributed by atoms with Crippen LogP contribution >= 0.6 is 0 Å². The first kappa shape index (κ1) is 19.9. The smallest absolute Gasteiger partial charge is 0.410 e. The first-order chi connectivity index (χ1) is 13.2. The van der Waals surface area contributed by atoms with Crippen molar-refractivity contribution in [1.29, 1.82) is 0 Å². The lowest BCUT2D eigenvalue weighted by atomic mass is 10.0. The van der Waals surface area contributed by atoms with Gasteiger partial charge in [0, 0.05) is 36.8 Å². The second-order valence-electron chi connectivity index (χ2n) is 8.27. The van der Waals surface area contributed by atoms with Crippen LogP contribution in [0, 0.1) is 5.92 Å². The molecule has 0 aromatic heterocycles. The van der Waals surface area contributed by atoms with E-state index in [1.807, 2.05) is 25.7 Å². The van der Waals surface area contributed by atoms with Crippen molar-refractivity contribution in [3.8, 4) is 0 Å². The third kappa shape index (κ3) is 4.35. The Bertz CT molecular complexity index is 782. The second-order valence-corrected chi connectivity index (χ2v) is 8.27. The van der Waals surface area contributed by atoms with Crippen LogP contribution in [0.5, 0.6) is 0 Å². The van der Waals surface area contributed by atoms with Crippen LogP contribution in [-0.4, -0.2) is 59.0 Å². The summed E-state index contributed by atoms with van der Waals surface area (Å²) < 4.78 is 5.46. The SMILES string of the molecule is C=CC(=O)Nc1ccc(C(=O)N2CC[C@H]3CN(C(=O)OC(C)(C)C)C[C@H]32)cc1. The lowest BCUT2D eigenvalue weighted by molar-refractivity contribution is -0.111. The minimum absolute atomic E-state index is 0.0140. The van der Waals surface area contributed by atoms with Crippen molar-refractivity contribution in [2.45, 2.75) is 38.8 Å². The highest BCUT2D eigenvalue weighted by Crippen LogP contribution is 2.33. The standard InChI is InChI=1S/C21H27N3O4/c1-5-18(25)22-16-8-6-14(7-9-16)19(26)24-11-10-15-12-23(13-17(15)24)20(27)28-21(2,3)4/h5-9,15,17H,1,10-13H2,2-4H3,(H,22,25)/t15-,17+/m0/s1. The normalized spacial score (nSPS) is 21.2. The van der Waals surface area contributed by atoms with Gasteiger partial charge in [0.2, 0.25) is 5.91 Å². The molecule has 150 valence electrons. The van der Waals surface area contributed by atoms with E-state index in [2.05, 4.69) is 11.9 Å². The van der Waals surface area contributed by atoms with Gasteiger partial charge in [0.25, 0.3) is 5.91 Å². The number of hydrogen-bond donors (Lipinski definition) is 1. The molecule has 2 heterocycles. The van der Waals surface area contributed by atoms with E-state index in [-0.39, 0.29) is 29.9 Å². The third-order valence-electron chi connectivity index (χ3n) is 5.04. The summed E-state index contributed by atoms with van der Waals surface area (Å²) >= 11 is 0. The van der Waals surface area contributed by atoms with E-state index in [4.69, 9.17) is 4.74 Å². The number of rotatable bonds is 3. The number of fused-ring (bicyclic) bond motifs is 1. The van der Waals surface area contributed by atoms with Crippen LogP contribution in [0.25, 0.3) is 0 Å². The number of likely N-dealkylation sites (tertiary alicyclic amines) is 2. The maximum atomic E-state index is 13.0. The molecule has 7 heteroatoms. The Balaban J connectivity index is 1.65. The lowest BCUT2D eigenvalue weighted by Gasteiger charge is -2.27. The molecular weight excluding hydrogens is 358 g/mol. The van der Waals surface area contributed by atoms with Crippen molar-refractivity contribution in [2.24, 2.45) is 5.92 Å². The zero-order chi connectivity index (χ0) is 20.5. The Morgan fingerprint density at radius 1 is 1.18 bits per heavy atom. The van der Waals surface area contributed by atoms with Gasteiger partial charge in [-0.3, -0.25) is 9.59 Å². The fraction of sp³-hybridized carbons (Fsp3) is 0.476. The molecule has 0 bridgehead atoms. The molecule has 2 aliphatic heterocycles. The molecule has 7 nitrogen and oxygen atoms in total. The van der Waals surface area contributed by atoms with E-state index < -0.39 is 5.60 Å². The summed E-state index contributed by atoms with van der Waals surface area (Å²) in [7, 11) is 0. The highest BCUT2D eigenvalue weighted by molar-refractivity contribution is 5.99. The van der Waals surface area contributed by atoms with Crippen LogP contribution < -0.4 is 5.32 Å². The van der Waals surface area contributed by atoms with Crippen LogP contribution in [0.1, 0.15) is 37.6 Å². The summed E-state index contributed by atoms with van der Waals surface area (Å²) in [4.78, 5) is 40.2. The van der Waals surface area contributed by atoms with Crippen LogP contribution in [0.2, 0.25) is 0 Å². The topological polar surface area (TPSA) is 79.0 Å². The van der Waals surface area contributed by atoms with Crippen molar-refractivity contribution in [2.75, 3.05) is 25.0 Å². The molecule has 2 atom stereocenters. The Kier molecular flexibility index (Phi) is 5.45. The van der Waals surface area contributed by atoms with Crippen LogP contribution in [0.4, 0.5) is 10.5 Å². The number of nitrogens with one attached hydrogen (secondary N) is 1. The van der Waals surface area contributed by atoms with E-state index >= 15 is 0 Å². The van der Waals surface area contributed by atoms with E-state index in [1.165, 1.54) is 6.08 Å². The number of hydrogen-bond acceptors (Lipinski definition) is 4. The molecule has 2 aliphatic rings. The van der Waals surface area contributed by atoms with Gasteiger partial charge in [0.05, 0.1) is 6.04 Å². The minimum Gasteiger partial charge on any atom is -0.444 e. The Morgan fingerprint density at radius 2 is 1.86 bits per heavy atom. The molecule has 0 spiro atoms. The Hall–Kier alpha value is -2.83. The van der Waals surface area contributed by atoms with Gasteiger partial charge < -0.3 is 19.9 Å². The van der Waals surface area contributed by atoms with Crippen molar-refractivity contribution in [3.05, 3.63) is 42.5 Å². The van der Waals surface area contributed by atoms with Crippen molar-refractivity contribution in [3.63, 3.8) is 0 Å². The maximum Gasteiger partial charge on any atom is 0.410 e. The predicted molar refractivity (Wildman–Crippen MR) is 106 cm³/mol. The predicted octanol–water partition coefficient (Wildman–Crippen LogP) is 2.89. The molecule has 0 radical (unpaired) electrons. The maximum absolute atomic E-state index is 13.0. The summed E-state index contributed by atoms with van der Waals surface area (Å²) in [6, 6.07) is 6.82. The van der Waals surface area contributed by atoms with Gasteiger partial charge in [-0.05, 0) is 57.5 Å². The summed E-state index contributed by atoms with van der Waals surface area (Å²) in [6.45, 7) is 10.8. The molecule has 1 N–H and O–H groups in total. The van der Waals surface area contributed by atoms with Crippen LogP contribution in [0.15, 0.2) is 36.9 Å². The molecule has 0 unspecified atom stereocenters. The van der Waals surface area contributed by atoms with Gasteiger partial charge >= 0.3 is 6.09 Å². The number of carbonyl (C=O) groups is 3. The summed E-state index contributed by atoms with van der Waals surface area (Å²) in [6.07, 6.45) is 1.75. The van der Waals surface area contributed by atoms with Crippen molar-refractivity contribution >= 4 is 23.6 Å². The molecule has 0 aliphatic carbocycles. The van der Waals surface area contributed by atoms with E-state index in [9.17, 15) is 14.4 Å². The highest BCUT2D eigenvalue weighted by atomic mass is 16.6. The quantitative estimate of drug-likeness (QED) is 0.812. The number of benzene rings is 1. The number of carbonyl (C=O) groups excluding carboxylic acids is 3. The third-order valence-corrected chi connectivity index (χ3v) is 5.04. The minimum atomic E-state index is -0.535. The molecule has 0 saturated carbocycles. The average molecular weight is 385 g/mol. The van der Waals surface area contributed by atoms with Crippen molar-refractivity contribution in [1.82, 2.24) is 9.80 Å². The second kappa shape index (κ2) is 7.66. The molecule has 28 heavy (non-hydrogen) atoms. The largest absolute Gasteiger partial charge is 0.444 e.